The van der Waals surface area contributed by atoms with Gasteiger partial charge in [-0.3, -0.25) is 14.6 Å². The standard InChI is InChI=1S/C25H30F3N3O3/c26-25(27,28)17-31-11-9-23(16-31)34-22-7-3-6-19(12-22)24(33)29-13-21(32)15-30-10-8-18-4-1-2-5-20(18)14-30/h1-7,12,21,23,32H,8-11,13-17H2,(H,29,33). The first-order valence-electron chi connectivity index (χ1n) is 11.6. The summed E-state index contributed by atoms with van der Waals surface area (Å²) in [4.78, 5) is 16.1. The van der Waals surface area contributed by atoms with Gasteiger partial charge >= 0.3 is 6.18 Å². The number of hydrogen-bond donors (Lipinski definition) is 2. The molecule has 0 spiro atoms. The number of hydrogen-bond acceptors (Lipinski definition) is 5. The fourth-order valence-corrected chi connectivity index (χ4v) is 4.58. The van der Waals surface area contributed by atoms with E-state index in [4.69, 9.17) is 4.74 Å². The van der Waals surface area contributed by atoms with E-state index < -0.39 is 18.8 Å². The number of aliphatic hydroxyl groups excluding tert-OH is 1. The van der Waals surface area contributed by atoms with Gasteiger partial charge < -0.3 is 15.2 Å². The van der Waals surface area contributed by atoms with Gasteiger partial charge in [0.2, 0.25) is 0 Å². The molecule has 34 heavy (non-hydrogen) atoms. The van der Waals surface area contributed by atoms with Crippen molar-refractivity contribution in [2.45, 2.75) is 37.8 Å². The zero-order chi connectivity index (χ0) is 24.1. The number of aliphatic hydroxyl groups is 1. The normalized spacial score (nSPS) is 20.1. The first-order chi connectivity index (χ1) is 16.2. The Bertz CT molecular complexity index is 985. The molecule has 2 unspecified atom stereocenters. The van der Waals surface area contributed by atoms with Crippen molar-refractivity contribution in [3.63, 3.8) is 0 Å². The number of carbonyl (C=O) groups is 1. The summed E-state index contributed by atoms with van der Waals surface area (Å²) in [5.74, 6) is 0.109. The van der Waals surface area contributed by atoms with E-state index in [1.54, 1.807) is 24.3 Å². The van der Waals surface area contributed by atoms with Crippen molar-refractivity contribution in [2.75, 3.05) is 39.3 Å². The molecular weight excluding hydrogens is 447 g/mol. The molecule has 0 saturated carbocycles. The van der Waals surface area contributed by atoms with Crippen molar-refractivity contribution in [1.29, 1.82) is 0 Å². The number of carbonyl (C=O) groups excluding carboxylic acids is 1. The third-order valence-electron chi connectivity index (χ3n) is 6.21. The van der Waals surface area contributed by atoms with Crippen LogP contribution in [0.3, 0.4) is 0 Å². The van der Waals surface area contributed by atoms with Crippen LogP contribution < -0.4 is 10.1 Å². The fourth-order valence-electron chi connectivity index (χ4n) is 4.58. The molecule has 6 nitrogen and oxygen atoms in total. The predicted octanol–water partition coefficient (Wildman–Crippen LogP) is 2.85. The van der Waals surface area contributed by atoms with E-state index in [2.05, 4.69) is 22.3 Å². The molecule has 2 atom stereocenters. The van der Waals surface area contributed by atoms with Crippen LogP contribution in [-0.4, -0.2) is 78.5 Å². The molecule has 0 aromatic heterocycles. The number of nitrogens with one attached hydrogen (secondary N) is 1. The van der Waals surface area contributed by atoms with Gasteiger partial charge in [0.15, 0.2) is 0 Å². The Labute approximate surface area is 197 Å². The van der Waals surface area contributed by atoms with E-state index in [9.17, 15) is 23.1 Å². The number of halogens is 3. The highest BCUT2D eigenvalue weighted by atomic mass is 19.4. The van der Waals surface area contributed by atoms with Crippen LogP contribution in [0.25, 0.3) is 0 Å². The molecule has 184 valence electrons. The van der Waals surface area contributed by atoms with Gasteiger partial charge in [-0.15, -0.1) is 0 Å². The average Bonchev–Trinajstić information content (AvgIpc) is 3.22. The second-order valence-corrected chi connectivity index (χ2v) is 9.02. The second-order valence-electron chi connectivity index (χ2n) is 9.02. The van der Waals surface area contributed by atoms with Crippen LogP contribution in [0.1, 0.15) is 27.9 Å². The lowest BCUT2D eigenvalue weighted by Crippen LogP contribution is -2.42. The summed E-state index contributed by atoms with van der Waals surface area (Å²) >= 11 is 0. The Morgan fingerprint density at radius 2 is 1.91 bits per heavy atom. The summed E-state index contributed by atoms with van der Waals surface area (Å²) < 4.78 is 43.5. The maximum absolute atomic E-state index is 12.6. The molecule has 2 aliphatic rings. The first kappa shape index (κ1) is 24.5. The molecule has 2 aromatic rings. The minimum atomic E-state index is -4.23. The van der Waals surface area contributed by atoms with E-state index in [0.717, 1.165) is 19.5 Å². The molecule has 0 radical (unpaired) electrons. The van der Waals surface area contributed by atoms with Crippen LogP contribution in [0.4, 0.5) is 13.2 Å². The minimum Gasteiger partial charge on any atom is -0.489 e. The summed E-state index contributed by atoms with van der Waals surface area (Å²) in [6, 6.07) is 14.9. The van der Waals surface area contributed by atoms with Gasteiger partial charge in [-0.1, -0.05) is 30.3 Å². The third-order valence-corrected chi connectivity index (χ3v) is 6.21. The van der Waals surface area contributed by atoms with E-state index in [1.807, 2.05) is 12.1 Å². The van der Waals surface area contributed by atoms with Gasteiger partial charge in [0.1, 0.15) is 11.9 Å². The number of alkyl halides is 3. The van der Waals surface area contributed by atoms with Crippen molar-refractivity contribution in [3.8, 4) is 5.75 Å². The van der Waals surface area contributed by atoms with Crippen molar-refractivity contribution >= 4 is 5.91 Å². The van der Waals surface area contributed by atoms with Crippen LogP contribution in [0.2, 0.25) is 0 Å². The van der Waals surface area contributed by atoms with Crippen LogP contribution in [0.5, 0.6) is 5.75 Å². The number of benzene rings is 2. The first-order valence-corrected chi connectivity index (χ1v) is 11.6. The lowest BCUT2D eigenvalue weighted by atomic mass is 10.00. The molecule has 9 heteroatoms. The monoisotopic (exact) mass is 477 g/mol. The van der Waals surface area contributed by atoms with E-state index in [0.29, 0.717) is 30.8 Å². The highest BCUT2D eigenvalue weighted by Gasteiger charge is 2.35. The third kappa shape index (κ3) is 6.94. The van der Waals surface area contributed by atoms with Crippen LogP contribution in [0, 0.1) is 0 Å². The number of likely N-dealkylation sites (tertiary alicyclic amines) is 1. The van der Waals surface area contributed by atoms with Gasteiger partial charge in [-0.25, -0.2) is 0 Å². The summed E-state index contributed by atoms with van der Waals surface area (Å²) in [6.07, 6.45) is -3.84. The lowest BCUT2D eigenvalue weighted by molar-refractivity contribution is -0.144. The highest BCUT2D eigenvalue weighted by molar-refractivity contribution is 5.94. The van der Waals surface area contributed by atoms with Gasteiger partial charge in [0, 0.05) is 44.8 Å². The topological polar surface area (TPSA) is 65.0 Å². The molecule has 1 saturated heterocycles. The number of fused-ring (bicyclic) bond motifs is 1. The summed E-state index contributed by atoms with van der Waals surface area (Å²) in [6.45, 7) is 1.81. The molecule has 2 aromatic carbocycles. The zero-order valence-corrected chi connectivity index (χ0v) is 18.9. The summed E-state index contributed by atoms with van der Waals surface area (Å²) in [5.41, 5.74) is 2.99. The average molecular weight is 478 g/mol. The Morgan fingerprint density at radius 1 is 1.12 bits per heavy atom. The molecule has 0 bridgehead atoms. The van der Waals surface area contributed by atoms with Gasteiger partial charge in [-0.05, 0) is 42.2 Å². The Kier molecular flexibility index (Phi) is 7.75. The summed E-state index contributed by atoms with van der Waals surface area (Å²) in [5, 5.41) is 13.2. The Morgan fingerprint density at radius 3 is 2.71 bits per heavy atom. The molecule has 4 rings (SSSR count). The Hall–Kier alpha value is -2.62. The van der Waals surface area contributed by atoms with Crippen molar-refractivity contribution in [1.82, 2.24) is 15.1 Å². The molecule has 2 heterocycles. The lowest BCUT2D eigenvalue weighted by Gasteiger charge is -2.30. The van der Waals surface area contributed by atoms with Gasteiger partial charge in [0.05, 0.1) is 12.6 Å². The summed E-state index contributed by atoms with van der Waals surface area (Å²) in [7, 11) is 0. The van der Waals surface area contributed by atoms with Crippen LogP contribution in [0.15, 0.2) is 48.5 Å². The highest BCUT2D eigenvalue weighted by Crippen LogP contribution is 2.23. The van der Waals surface area contributed by atoms with E-state index >= 15 is 0 Å². The van der Waals surface area contributed by atoms with Crippen molar-refractivity contribution in [2.24, 2.45) is 0 Å². The molecule has 1 amide bonds. The Balaban J connectivity index is 1.23. The van der Waals surface area contributed by atoms with Crippen molar-refractivity contribution < 1.29 is 27.8 Å². The number of β-amino-alcohol motifs (C(OH)–C–C–N with tert-alkyl or cyclic N) is 1. The SMILES string of the molecule is O=C(NCC(O)CN1CCc2ccccc2C1)c1cccc(OC2CCN(CC(F)(F)F)C2)c1. The van der Waals surface area contributed by atoms with Crippen LogP contribution in [-0.2, 0) is 13.0 Å². The fraction of sp³-hybridized carbons (Fsp3) is 0.480. The number of ether oxygens (including phenoxy) is 1. The molecule has 0 aliphatic carbocycles. The maximum Gasteiger partial charge on any atom is 0.401 e. The maximum atomic E-state index is 12.6. The molecular formula is C25H30F3N3O3. The van der Waals surface area contributed by atoms with Gasteiger partial charge in [0.25, 0.3) is 5.91 Å². The molecule has 1 fully saturated rings. The van der Waals surface area contributed by atoms with Crippen LogP contribution >= 0.6 is 0 Å². The smallest absolute Gasteiger partial charge is 0.401 e. The molecule has 2 aliphatic heterocycles. The largest absolute Gasteiger partial charge is 0.489 e. The number of nitrogens with zero attached hydrogens (tertiary/aromatic N) is 2. The van der Waals surface area contributed by atoms with E-state index in [1.165, 1.54) is 16.0 Å². The quantitative estimate of drug-likeness (QED) is 0.612. The zero-order valence-electron chi connectivity index (χ0n) is 18.9. The number of rotatable bonds is 8. The van der Waals surface area contributed by atoms with E-state index in [-0.39, 0.29) is 25.1 Å². The minimum absolute atomic E-state index is 0.122. The number of amides is 1. The second kappa shape index (κ2) is 10.8. The molecule has 2 N–H and O–H groups in total. The predicted molar refractivity (Wildman–Crippen MR) is 122 cm³/mol. The van der Waals surface area contributed by atoms with Crippen molar-refractivity contribution in [3.05, 3.63) is 65.2 Å². The van der Waals surface area contributed by atoms with Gasteiger partial charge in [-0.2, -0.15) is 13.2 Å².